The molecule has 0 aliphatic carbocycles. The van der Waals surface area contributed by atoms with Crippen molar-refractivity contribution in [2.75, 3.05) is 26.2 Å². The van der Waals surface area contributed by atoms with Crippen molar-refractivity contribution in [3.05, 3.63) is 0 Å². The maximum absolute atomic E-state index is 3.58. The van der Waals surface area contributed by atoms with Crippen molar-refractivity contribution in [3.8, 4) is 0 Å². The van der Waals surface area contributed by atoms with Crippen molar-refractivity contribution < 1.29 is 0 Å². The predicted octanol–water partition coefficient (Wildman–Crippen LogP) is 2.50. The van der Waals surface area contributed by atoms with E-state index in [2.05, 4.69) is 37.9 Å². The van der Waals surface area contributed by atoms with Gasteiger partial charge in [-0.1, -0.05) is 27.7 Å². The minimum absolute atomic E-state index is 0.480. The molecule has 1 heterocycles. The number of nitrogens with one attached hydrogen (secondary N) is 1. The van der Waals surface area contributed by atoms with E-state index in [4.69, 9.17) is 0 Å². The first kappa shape index (κ1) is 13.0. The summed E-state index contributed by atoms with van der Waals surface area (Å²) in [4.78, 5) is 2.64. The number of likely N-dealkylation sites (N-methyl/N-ethyl adjacent to an activating group) is 1. The van der Waals surface area contributed by atoms with Gasteiger partial charge < -0.3 is 10.2 Å². The smallest absolute Gasteiger partial charge is 0.0195 e. The highest BCUT2D eigenvalue weighted by Crippen LogP contribution is 2.23. The fourth-order valence-electron chi connectivity index (χ4n) is 2.37. The molecule has 2 nitrogen and oxygen atoms in total. The largest absolute Gasteiger partial charge is 0.313 e. The molecule has 0 spiro atoms. The molecule has 0 radical (unpaired) electrons. The first-order chi connectivity index (χ1) is 7.07. The summed E-state index contributed by atoms with van der Waals surface area (Å²) < 4.78 is 0. The fraction of sp³-hybridized carbons (Fsp3) is 1.00. The van der Waals surface area contributed by atoms with E-state index in [0.717, 1.165) is 12.6 Å². The van der Waals surface area contributed by atoms with E-state index < -0.39 is 0 Å². The third-order valence-corrected chi connectivity index (χ3v) is 3.61. The third-order valence-electron chi connectivity index (χ3n) is 3.61. The summed E-state index contributed by atoms with van der Waals surface area (Å²) in [5, 5.41) is 3.58. The fourth-order valence-corrected chi connectivity index (χ4v) is 2.37. The Kier molecular flexibility index (Phi) is 5.07. The van der Waals surface area contributed by atoms with Gasteiger partial charge in [-0.15, -0.1) is 0 Å². The van der Waals surface area contributed by atoms with Gasteiger partial charge in [0.2, 0.25) is 0 Å². The highest BCUT2D eigenvalue weighted by molar-refractivity contribution is 4.81. The van der Waals surface area contributed by atoms with Gasteiger partial charge in [-0.25, -0.2) is 0 Å². The van der Waals surface area contributed by atoms with Gasteiger partial charge in [-0.05, 0) is 37.8 Å². The molecule has 1 N–H and O–H groups in total. The molecule has 1 aliphatic heterocycles. The minimum atomic E-state index is 0.480. The van der Waals surface area contributed by atoms with Gasteiger partial charge >= 0.3 is 0 Å². The lowest BCUT2D eigenvalue weighted by Gasteiger charge is -2.38. The Labute approximate surface area is 95.4 Å². The Balaban J connectivity index is 2.36. The molecule has 0 bridgehead atoms. The number of piperidine rings is 1. The molecule has 1 unspecified atom stereocenters. The van der Waals surface area contributed by atoms with Gasteiger partial charge in [0.15, 0.2) is 0 Å². The predicted molar refractivity (Wildman–Crippen MR) is 67.2 cm³/mol. The first-order valence-corrected chi connectivity index (χ1v) is 6.53. The van der Waals surface area contributed by atoms with E-state index in [1.165, 1.54) is 38.9 Å². The second kappa shape index (κ2) is 5.86. The molecule has 1 rings (SSSR count). The van der Waals surface area contributed by atoms with E-state index in [-0.39, 0.29) is 0 Å². The topological polar surface area (TPSA) is 15.3 Å². The van der Waals surface area contributed by atoms with Gasteiger partial charge in [0.1, 0.15) is 0 Å². The van der Waals surface area contributed by atoms with Crippen LogP contribution in [-0.4, -0.2) is 37.1 Å². The molecule has 1 atom stereocenters. The Bertz CT molecular complexity index is 175. The number of likely N-dealkylation sites (tertiary alicyclic amines) is 1. The van der Waals surface area contributed by atoms with E-state index in [1.807, 2.05) is 0 Å². The van der Waals surface area contributed by atoms with Crippen molar-refractivity contribution in [1.29, 1.82) is 0 Å². The third kappa shape index (κ3) is 4.52. The van der Waals surface area contributed by atoms with Crippen LogP contribution in [0.1, 0.15) is 47.0 Å². The van der Waals surface area contributed by atoms with E-state index >= 15 is 0 Å². The zero-order valence-electron chi connectivity index (χ0n) is 11.0. The van der Waals surface area contributed by atoms with Crippen LogP contribution in [0.4, 0.5) is 0 Å². The average molecular weight is 212 g/mol. The summed E-state index contributed by atoms with van der Waals surface area (Å²) in [5.41, 5.74) is 0.480. The van der Waals surface area contributed by atoms with Gasteiger partial charge in [0.25, 0.3) is 0 Å². The van der Waals surface area contributed by atoms with Gasteiger partial charge in [0.05, 0.1) is 0 Å². The molecule has 15 heavy (non-hydrogen) atoms. The molecule has 1 saturated heterocycles. The lowest BCUT2D eigenvalue weighted by Crippen LogP contribution is -2.48. The van der Waals surface area contributed by atoms with Crippen LogP contribution in [-0.2, 0) is 0 Å². The van der Waals surface area contributed by atoms with Gasteiger partial charge in [-0.2, -0.15) is 0 Å². The summed E-state index contributed by atoms with van der Waals surface area (Å²) in [6.07, 6.45) is 3.99. The molecule has 0 aromatic carbocycles. The molecule has 1 aliphatic rings. The monoisotopic (exact) mass is 212 g/mol. The molecule has 0 aromatic rings. The van der Waals surface area contributed by atoms with Crippen molar-refractivity contribution in [2.45, 2.75) is 53.0 Å². The van der Waals surface area contributed by atoms with Crippen LogP contribution in [0, 0.1) is 5.41 Å². The van der Waals surface area contributed by atoms with Gasteiger partial charge in [-0.3, -0.25) is 0 Å². The van der Waals surface area contributed by atoms with Crippen LogP contribution in [0.5, 0.6) is 0 Å². The maximum atomic E-state index is 3.58. The van der Waals surface area contributed by atoms with E-state index in [9.17, 15) is 0 Å². The molecular formula is C13H28N2. The standard InChI is InChI=1S/C13H28N2/c1-5-13(3,4)11-15-9-7-8-12(10-15)14-6-2/h12,14H,5-11H2,1-4H3. The second-order valence-electron chi connectivity index (χ2n) is 5.65. The molecule has 0 amide bonds. The quantitative estimate of drug-likeness (QED) is 0.753. The zero-order valence-corrected chi connectivity index (χ0v) is 11.0. The maximum Gasteiger partial charge on any atom is 0.0195 e. The summed E-state index contributed by atoms with van der Waals surface area (Å²) in [5.74, 6) is 0. The first-order valence-electron chi connectivity index (χ1n) is 6.53. The molecule has 1 fully saturated rings. The van der Waals surface area contributed by atoms with Crippen molar-refractivity contribution in [3.63, 3.8) is 0 Å². The molecular weight excluding hydrogens is 184 g/mol. The summed E-state index contributed by atoms with van der Waals surface area (Å²) in [7, 11) is 0. The van der Waals surface area contributed by atoms with Crippen LogP contribution in [0.25, 0.3) is 0 Å². The molecule has 0 aromatic heterocycles. The van der Waals surface area contributed by atoms with E-state index in [0.29, 0.717) is 5.41 Å². The number of nitrogens with zero attached hydrogens (tertiary/aromatic N) is 1. The summed E-state index contributed by atoms with van der Waals surface area (Å²) >= 11 is 0. The Morgan fingerprint density at radius 2 is 2.07 bits per heavy atom. The summed E-state index contributed by atoms with van der Waals surface area (Å²) in [6, 6.07) is 0.733. The van der Waals surface area contributed by atoms with Gasteiger partial charge in [0, 0.05) is 19.1 Å². The number of hydrogen-bond acceptors (Lipinski definition) is 2. The van der Waals surface area contributed by atoms with Crippen LogP contribution in [0.3, 0.4) is 0 Å². The van der Waals surface area contributed by atoms with Crippen LogP contribution in [0.2, 0.25) is 0 Å². The SMILES string of the molecule is CCNC1CCCN(CC(C)(C)CC)C1. The lowest BCUT2D eigenvalue weighted by molar-refractivity contribution is 0.130. The Morgan fingerprint density at radius 3 is 2.67 bits per heavy atom. The van der Waals surface area contributed by atoms with Crippen molar-refractivity contribution in [1.82, 2.24) is 10.2 Å². The second-order valence-corrected chi connectivity index (χ2v) is 5.65. The summed E-state index contributed by atoms with van der Waals surface area (Å²) in [6.45, 7) is 14.2. The minimum Gasteiger partial charge on any atom is -0.313 e. The Hall–Kier alpha value is -0.0800. The van der Waals surface area contributed by atoms with Crippen LogP contribution in [0.15, 0.2) is 0 Å². The van der Waals surface area contributed by atoms with Crippen LogP contribution < -0.4 is 5.32 Å². The molecule has 90 valence electrons. The molecule has 0 saturated carbocycles. The zero-order chi connectivity index (χ0) is 11.3. The highest BCUT2D eigenvalue weighted by atomic mass is 15.2. The number of rotatable bonds is 5. The average Bonchev–Trinajstić information content (AvgIpc) is 2.18. The molecule has 2 heteroatoms. The number of hydrogen-bond donors (Lipinski definition) is 1. The van der Waals surface area contributed by atoms with Crippen LogP contribution >= 0.6 is 0 Å². The highest BCUT2D eigenvalue weighted by Gasteiger charge is 2.24. The lowest BCUT2D eigenvalue weighted by atomic mass is 9.88. The van der Waals surface area contributed by atoms with Crippen molar-refractivity contribution in [2.24, 2.45) is 5.41 Å². The van der Waals surface area contributed by atoms with E-state index in [1.54, 1.807) is 0 Å². The Morgan fingerprint density at radius 1 is 1.33 bits per heavy atom. The van der Waals surface area contributed by atoms with Crippen molar-refractivity contribution >= 4 is 0 Å². The normalized spacial score (nSPS) is 24.4.